The fourth-order valence-electron chi connectivity index (χ4n) is 13.3. The maximum absolute atomic E-state index is 3.95. The maximum atomic E-state index is 3.95. The zero-order valence-electron chi connectivity index (χ0n) is 25.9. The third-order valence-electron chi connectivity index (χ3n) is 14.0. The first-order chi connectivity index (χ1) is 20.5. The number of hydrogen-bond acceptors (Lipinski definition) is 4. The minimum absolute atomic E-state index is 0.0743. The predicted molar refractivity (Wildman–Crippen MR) is 179 cm³/mol. The van der Waals surface area contributed by atoms with Crippen molar-refractivity contribution < 1.29 is 0 Å². The molecule has 8 saturated carbocycles. The minimum Gasteiger partial charge on any atom is -0.301 e. The summed E-state index contributed by atoms with van der Waals surface area (Å²) in [4.78, 5) is 0. The molecule has 2 aliphatic heterocycles. The third-order valence-corrected chi connectivity index (χ3v) is 19.0. The highest BCUT2D eigenvalue weighted by Crippen LogP contribution is 2.79. The van der Waals surface area contributed by atoms with E-state index in [0.717, 1.165) is 61.7 Å². The van der Waals surface area contributed by atoms with Crippen molar-refractivity contribution in [3.8, 4) is 0 Å². The summed E-state index contributed by atoms with van der Waals surface area (Å²) in [7, 11) is 3.38. The third kappa shape index (κ3) is 4.58. The normalized spacial score (nSPS) is 44.1. The molecule has 4 nitrogen and oxygen atoms in total. The summed E-state index contributed by atoms with van der Waals surface area (Å²) in [5.41, 5.74) is 3.30. The fraction of sp³-hybridized carbons (Fsp3) is 0.833. The van der Waals surface area contributed by atoms with Crippen molar-refractivity contribution in [3.63, 3.8) is 0 Å². The van der Waals surface area contributed by atoms with Crippen molar-refractivity contribution in [2.75, 3.05) is 26.2 Å². The van der Waals surface area contributed by atoms with Crippen LogP contribution in [-0.4, -0.2) is 48.8 Å². The summed E-state index contributed by atoms with van der Waals surface area (Å²) < 4.78 is 0. The topological polar surface area (TPSA) is 48.1 Å². The summed E-state index contributed by atoms with van der Waals surface area (Å²) in [6, 6.07) is 9.86. The van der Waals surface area contributed by atoms with Crippen molar-refractivity contribution in [1.82, 2.24) is 21.3 Å². The van der Waals surface area contributed by atoms with E-state index < -0.39 is 0 Å². The highest BCUT2D eigenvalue weighted by atomic mass is 31.1. The molecule has 0 radical (unpaired) electrons. The van der Waals surface area contributed by atoms with Crippen LogP contribution in [0.2, 0.25) is 0 Å². The molecule has 8 aliphatic carbocycles. The second-order valence-electron chi connectivity index (χ2n) is 16.8. The van der Waals surface area contributed by atoms with E-state index in [1.54, 1.807) is 88.2 Å². The lowest BCUT2D eigenvalue weighted by atomic mass is 9.55. The van der Waals surface area contributed by atoms with Gasteiger partial charge >= 0.3 is 0 Å². The van der Waals surface area contributed by atoms with Gasteiger partial charge in [-0.05, 0) is 179 Å². The summed E-state index contributed by atoms with van der Waals surface area (Å²) >= 11 is 0. The van der Waals surface area contributed by atoms with E-state index in [9.17, 15) is 0 Å². The Morgan fingerprint density at radius 3 is 1.40 bits per heavy atom. The zero-order valence-corrected chi connectivity index (χ0v) is 27.9. The van der Waals surface area contributed by atoms with Gasteiger partial charge in [0.2, 0.25) is 0 Å². The molecule has 4 N–H and O–H groups in total. The van der Waals surface area contributed by atoms with Gasteiger partial charge in [0.1, 0.15) is 0 Å². The van der Waals surface area contributed by atoms with Gasteiger partial charge in [-0.25, -0.2) is 0 Å². The Kier molecular flexibility index (Phi) is 7.20. The fourth-order valence-corrected chi connectivity index (χ4v) is 19.3. The molecular weight excluding hydrogens is 550 g/mol. The molecule has 230 valence electrons. The van der Waals surface area contributed by atoms with E-state index in [1.807, 2.05) is 0 Å². The largest absolute Gasteiger partial charge is 0.301 e. The summed E-state index contributed by atoms with van der Waals surface area (Å²) in [5.74, 6) is 6.32. The Morgan fingerprint density at radius 1 is 0.619 bits per heavy atom. The first-order valence-electron chi connectivity index (χ1n) is 18.1. The van der Waals surface area contributed by atoms with Crippen molar-refractivity contribution in [2.45, 2.75) is 124 Å². The van der Waals surface area contributed by atoms with Crippen molar-refractivity contribution in [1.29, 1.82) is 0 Å². The van der Waals surface area contributed by atoms with Crippen molar-refractivity contribution in [3.05, 3.63) is 35.4 Å². The molecule has 0 amide bonds. The van der Waals surface area contributed by atoms with E-state index in [2.05, 4.69) is 54.8 Å². The molecule has 10 fully saturated rings. The first-order valence-corrected chi connectivity index (χ1v) is 20.2. The molecule has 0 aromatic heterocycles. The molecular formula is C36H56N4P2. The van der Waals surface area contributed by atoms with E-state index in [1.165, 1.54) is 19.0 Å². The SMILES string of the molecule is PC(c1ccccc1CP(C12CC3CC(CC(C3)C1)C2)C12CC3CC(CC(C3)C1)C2)(C1NCCCN1)C1NCCCN1. The Labute approximate surface area is 258 Å². The molecule has 1 atom stereocenters. The zero-order chi connectivity index (χ0) is 27.9. The van der Waals surface area contributed by atoms with E-state index in [-0.39, 0.29) is 25.4 Å². The smallest absolute Gasteiger partial charge is 0.0735 e. The van der Waals surface area contributed by atoms with Gasteiger partial charge in [0.25, 0.3) is 0 Å². The molecule has 1 aromatic rings. The molecule has 11 rings (SSSR count). The van der Waals surface area contributed by atoms with Crippen molar-refractivity contribution in [2.24, 2.45) is 35.5 Å². The Bertz CT molecular complexity index is 1020. The van der Waals surface area contributed by atoms with Crippen LogP contribution in [0.15, 0.2) is 24.3 Å². The summed E-state index contributed by atoms with van der Waals surface area (Å²) in [6.07, 6.45) is 23.4. The maximum Gasteiger partial charge on any atom is 0.0735 e. The summed E-state index contributed by atoms with van der Waals surface area (Å²) in [5, 5.41) is 17.0. The molecule has 2 saturated heterocycles. The molecule has 42 heavy (non-hydrogen) atoms. The molecule has 8 bridgehead atoms. The quantitative estimate of drug-likeness (QED) is 0.268. The minimum atomic E-state index is -0.124. The van der Waals surface area contributed by atoms with Gasteiger partial charge in [-0.15, -0.1) is 9.24 Å². The molecule has 10 aliphatic rings. The average Bonchev–Trinajstić information content (AvgIpc) is 2.99. The van der Waals surface area contributed by atoms with Gasteiger partial charge in [-0.1, -0.05) is 32.2 Å². The molecule has 0 spiro atoms. The highest BCUT2D eigenvalue weighted by molar-refractivity contribution is 7.60. The van der Waals surface area contributed by atoms with Crippen LogP contribution in [0, 0.1) is 35.5 Å². The Balaban J connectivity index is 1.14. The van der Waals surface area contributed by atoms with Gasteiger partial charge in [0.15, 0.2) is 0 Å². The standard InChI is InChI=1S/C36H56N4P2/c41-36(32-37-7-3-8-38-32,33-39-9-4-10-40-33)31-6-2-1-5-30(31)23-42(34-17-24-11-25(18-34)13-26(12-24)19-34)35-20-27-14-28(21-35)16-29(15-27)22-35/h1-2,5-6,24-29,32-33,37-40H,3-4,7-23,41H2. The second-order valence-corrected chi connectivity index (χ2v) is 20.9. The number of hydrogen-bond donors (Lipinski definition) is 4. The number of benzene rings is 1. The van der Waals surface area contributed by atoms with Crippen LogP contribution >= 0.6 is 17.2 Å². The first kappa shape index (κ1) is 28.2. The summed E-state index contributed by atoms with van der Waals surface area (Å²) in [6.45, 7) is 4.43. The van der Waals surface area contributed by atoms with Gasteiger partial charge in [0, 0.05) is 0 Å². The van der Waals surface area contributed by atoms with Crippen LogP contribution in [0.3, 0.4) is 0 Å². The Morgan fingerprint density at radius 2 is 1.00 bits per heavy atom. The van der Waals surface area contributed by atoms with Crippen LogP contribution in [0.25, 0.3) is 0 Å². The lowest BCUT2D eigenvalue weighted by molar-refractivity contribution is 0.0184. The molecule has 2 heterocycles. The molecule has 1 aromatic carbocycles. The molecule has 1 unspecified atom stereocenters. The number of rotatable bonds is 7. The highest BCUT2D eigenvalue weighted by Gasteiger charge is 2.62. The lowest BCUT2D eigenvalue weighted by Gasteiger charge is -2.67. The second kappa shape index (κ2) is 10.7. The van der Waals surface area contributed by atoms with Gasteiger partial charge < -0.3 is 21.3 Å². The van der Waals surface area contributed by atoms with Crippen LogP contribution < -0.4 is 21.3 Å². The van der Waals surface area contributed by atoms with Crippen LogP contribution in [-0.2, 0) is 11.3 Å². The Hall–Kier alpha value is -0.0800. The van der Waals surface area contributed by atoms with E-state index in [4.69, 9.17) is 0 Å². The predicted octanol–water partition coefficient (Wildman–Crippen LogP) is 6.49. The monoisotopic (exact) mass is 606 g/mol. The van der Waals surface area contributed by atoms with Gasteiger partial charge in [0.05, 0.1) is 17.5 Å². The van der Waals surface area contributed by atoms with Gasteiger partial charge in [-0.3, -0.25) is 0 Å². The number of nitrogens with one attached hydrogen (secondary N) is 4. The average molecular weight is 607 g/mol. The van der Waals surface area contributed by atoms with Crippen LogP contribution in [0.1, 0.15) is 101 Å². The van der Waals surface area contributed by atoms with Crippen LogP contribution in [0.4, 0.5) is 0 Å². The lowest BCUT2D eigenvalue weighted by Crippen LogP contribution is -2.69. The van der Waals surface area contributed by atoms with E-state index >= 15 is 0 Å². The molecule has 6 heteroatoms. The van der Waals surface area contributed by atoms with Crippen molar-refractivity contribution >= 4 is 17.2 Å². The van der Waals surface area contributed by atoms with E-state index in [0.29, 0.717) is 10.3 Å². The van der Waals surface area contributed by atoms with Crippen LogP contribution in [0.5, 0.6) is 0 Å². The van der Waals surface area contributed by atoms with Gasteiger partial charge in [-0.2, -0.15) is 0 Å².